The number of aliphatic hydroxyl groups excluding tert-OH is 2. The molecule has 8 aliphatic carbocycles. The van der Waals surface area contributed by atoms with Crippen molar-refractivity contribution in [1.29, 1.82) is 0 Å². The maximum Gasteiger partial charge on any atom is 0.190 e. The van der Waals surface area contributed by atoms with Gasteiger partial charge in [-0.3, -0.25) is 19.2 Å². The molecule has 9 nitrogen and oxygen atoms in total. The smallest absolute Gasteiger partial charge is 0.190 e. The molecule has 0 heterocycles. The Balaban J connectivity index is 0.957. The van der Waals surface area contributed by atoms with Crippen LogP contribution in [0, 0.1) is 69.0 Å². The van der Waals surface area contributed by atoms with Gasteiger partial charge in [0.25, 0.3) is 0 Å². The zero-order chi connectivity index (χ0) is 38.3. The Kier molecular flexibility index (Phi) is 8.44. The first-order chi connectivity index (χ1) is 24.7. The highest BCUT2D eigenvalue weighted by Gasteiger charge is 2.70. The number of ether oxygens (including phenoxy) is 1. The molecule has 0 bridgehead atoms. The number of fused-ring (bicyclic) bond motifs is 10. The third-order valence-electron chi connectivity index (χ3n) is 17.3. The van der Waals surface area contributed by atoms with Crippen LogP contribution in [0.2, 0.25) is 0 Å². The summed E-state index contributed by atoms with van der Waals surface area (Å²) in [6.45, 7) is 11.3. The van der Waals surface area contributed by atoms with E-state index in [0.29, 0.717) is 12.8 Å². The fourth-order valence-corrected chi connectivity index (χ4v) is 14.9. The summed E-state index contributed by atoms with van der Waals surface area (Å²) in [5.41, 5.74) is -4.12. The zero-order valence-corrected chi connectivity index (χ0v) is 32.1. The van der Waals surface area contributed by atoms with Crippen molar-refractivity contribution in [2.24, 2.45) is 69.0 Å². The van der Waals surface area contributed by atoms with Crippen LogP contribution in [-0.2, 0) is 23.9 Å². The van der Waals surface area contributed by atoms with Crippen molar-refractivity contribution >= 4 is 23.1 Å². The lowest BCUT2D eigenvalue weighted by Crippen LogP contribution is -2.63. The van der Waals surface area contributed by atoms with E-state index in [-0.39, 0.29) is 84.6 Å². The van der Waals surface area contributed by atoms with Gasteiger partial charge in [0, 0.05) is 33.5 Å². The van der Waals surface area contributed by atoms with Crippen LogP contribution in [0.4, 0.5) is 0 Å². The van der Waals surface area contributed by atoms with Gasteiger partial charge in [0.1, 0.15) is 24.4 Å². The maximum absolute atomic E-state index is 14.0. The summed E-state index contributed by atoms with van der Waals surface area (Å²) >= 11 is 0. The van der Waals surface area contributed by atoms with Crippen molar-refractivity contribution in [3.63, 3.8) is 0 Å². The van der Waals surface area contributed by atoms with Crippen LogP contribution in [0.1, 0.15) is 92.9 Å². The Morgan fingerprint density at radius 3 is 1.45 bits per heavy atom. The first-order valence-electron chi connectivity index (χ1n) is 20.1. The van der Waals surface area contributed by atoms with E-state index >= 15 is 0 Å². The summed E-state index contributed by atoms with van der Waals surface area (Å²) in [6, 6.07) is 0. The van der Waals surface area contributed by atoms with E-state index in [1.807, 2.05) is 26.0 Å². The van der Waals surface area contributed by atoms with Crippen molar-refractivity contribution < 1.29 is 44.3 Å². The largest absolute Gasteiger partial charge is 0.393 e. The summed E-state index contributed by atoms with van der Waals surface area (Å²) < 4.78 is 5.82. The van der Waals surface area contributed by atoms with Gasteiger partial charge in [-0.05, 0) is 111 Å². The minimum absolute atomic E-state index is 0.0168. The SMILES string of the molecule is C[C@H]1C[C@@H]2[C@H]([C@@H](O)C[C@@]3(C)[C@H]2CC[C@]3(O)C(=O)COCC(=O)[C@@]2(O)CC[C@H]3[C@@H]4C[C@H](C)C5=CC(=O)C=C[C@]5(C)[C@H]4[C@@H](O)C[C@@]32C)[C@@]2(C)C=CC(=O)C=C12. The molecule has 0 radical (unpaired) electrons. The maximum atomic E-state index is 14.0. The number of aliphatic hydroxyl groups is 4. The number of carbonyl (C=O) groups is 4. The van der Waals surface area contributed by atoms with Crippen LogP contribution in [0.15, 0.2) is 47.6 Å². The van der Waals surface area contributed by atoms with E-state index in [1.54, 1.807) is 24.3 Å². The molecule has 8 rings (SSSR count). The summed E-state index contributed by atoms with van der Waals surface area (Å²) in [4.78, 5) is 52.6. The Morgan fingerprint density at radius 1 is 0.698 bits per heavy atom. The molecular weight excluding hydrogens is 672 g/mol. The fourth-order valence-electron chi connectivity index (χ4n) is 14.9. The van der Waals surface area contributed by atoms with Gasteiger partial charge >= 0.3 is 0 Å². The molecular formula is C44H58O9. The van der Waals surface area contributed by atoms with Crippen LogP contribution < -0.4 is 0 Å². The molecule has 0 unspecified atom stereocenters. The van der Waals surface area contributed by atoms with Crippen LogP contribution >= 0.6 is 0 Å². The van der Waals surface area contributed by atoms with Gasteiger partial charge in [-0.2, -0.15) is 0 Å². The normalized spacial score (nSPS) is 52.3. The number of ketones is 4. The molecule has 0 aromatic rings. The summed E-state index contributed by atoms with van der Waals surface area (Å²) in [6.07, 6.45) is 12.7. The number of Topliss-reactive ketones (excluding diaryl/α,β-unsaturated/α-hetero) is 2. The average molecular weight is 731 g/mol. The molecule has 6 saturated carbocycles. The molecule has 16 atom stereocenters. The number of hydrogen-bond acceptors (Lipinski definition) is 9. The predicted octanol–water partition coefficient (Wildman–Crippen LogP) is 4.65. The lowest BCUT2D eigenvalue weighted by molar-refractivity contribution is -0.185. The van der Waals surface area contributed by atoms with Gasteiger partial charge < -0.3 is 25.2 Å². The Bertz CT molecular complexity index is 1650. The number of hydrogen-bond donors (Lipinski definition) is 4. The van der Waals surface area contributed by atoms with Crippen LogP contribution in [-0.4, -0.2) is 80.2 Å². The van der Waals surface area contributed by atoms with E-state index in [4.69, 9.17) is 4.74 Å². The first-order valence-corrected chi connectivity index (χ1v) is 20.1. The molecule has 0 aromatic carbocycles. The van der Waals surface area contributed by atoms with Crippen molar-refractivity contribution in [2.45, 2.75) is 116 Å². The van der Waals surface area contributed by atoms with Crippen LogP contribution in [0.3, 0.4) is 0 Å². The number of rotatable bonds is 6. The van der Waals surface area contributed by atoms with Gasteiger partial charge in [0.05, 0.1) is 12.2 Å². The molecule has 0 saturated heterocycles. The molecule has 0 amide bonds. The molecule has 0 aliphatic heterocycles. The summed E-state index contributed by atoms with van der Waals surface area (Å²) in [7, 11) is 0. The van der Waals surface area contributed by atoms with Crippen LogP contribution in [0.25, 0.3) is 0 Å². The van der Waals surface area contributed by atoms with Gasteiger partial charge in [-0.15, -0.1) is 0 Å². The summed E-state index contributed by atoms with van der Waals surface area (Å²) in [5.74, 6) is -1.04. The van der Waals surface area contributed by atoms with Crippen LogP contribution in [0.5, 0.6) is 0 Å². The highest BCUT2D eigenvalue weighted by molar-refractivity contribution is 6.02. The quantitative estimate of drug-likeness (QED) is 0.305. The standard InChI is InChI=1S/C44H58O9/c1-23-15-27-29-9-13-43(51,41(29,5)19-33(47)37(27)39(3)11-7-25(45)17-31(23)39)35(49)21-53-22-36(50)44(52)14-10-30-28-16-24(2)32-18-26(46)8-12-40(32,4)38(28)34(48)20-42(30,44)6/h7-8,11-12,17-18,23-24,27-30,33-34,37-38,47-48,51-52H,9-10,13-16,19-22H2,1-6H3/t23-,24-,27-,28-,29-,30-,33-,34-,37+,38+,39-,40-,41-,42-,43-,44-/m0/s1. The first kappa shape index (κ1) is 37.4. The molecule has 4 N–H and O–H groups in total. The second kappa shape index (κ2) is 12.0. The highest BCUT2D eigenvalue weighted by atomic mass is 16.5. The number of allylic oxidation sites excluding steroid dienone is 8. The van der Waals surface area contributed by atoms with Crippen molar-refractivity contribution in [2.75, 3.05) is 13.2 Å². The van der Waals surface area contributed by atoms with E-state index < -0.39 is 69.9 Å². The summed E-state index contributed by atoms with van der Waals surface area (Å²) in [5, 5.41) is 48.0. The molecule has 0 spiro atoms. The van der Waals surface area contributed by atoms with E-state index in [1.165, 1.54) is 0 Å². The van der Waals surface area contributed by atoms with Crippen molar-refractivity contribution in [3.8, 4) is 0 Å². The third-order valence-corrected chi connectivity index (χ3v) is 17.3. The lowest BCUT2D eigenvalue weighted by Gasteiger charge is -2.60. The monoisotopic (exact) mass is 730 g/mol. The van der Waals surface area contributed by atoms with E-state index in [0.717, 1.165) is 24.0 Å². The number of carbonyl (C=O) groups excluding carboxylic acids is 4. The molecule has 8 aliphatic rings. The Morgan fingerprint density at radius 2 is 1.08 bits per heavy atom. The van der Waals surface area contributed by atoms with Crippen molar-refractivity contribution in [3.05, 3.63) is 47.6 Å². The second-order valence-electron chi connectivity index (χ2n) is 19.6. The van der Waals surface area contributed by atoms with Gasteiger partial charge in [0.2, 0.25) is 0 Å². The molecule has 9 heteroatoms. The van der Waals surface area contributed by atoms with E-state index in [9.17, 15) is 39.6 Å². The van der Waals surface area contributed by atoms with Gasteiger partial charge in [-0.1, -0.05) is 64.8 Å². The minimum atomic E-state index is -1.74. The third kappa shape index (κ3) is 4.85. The second-order valence-corrected chi connectivity index (χ2v) is 19.6. The topological polar surface area (TPSA) is 158 Å². The van der Waals surface area contributed by atoms with E-state index in [2.05, 4.69) is 27.7 Å². The Hall–Kier alpha value is -2.56. The minimum Gasteiger partial charge on any atom is -0.393 e. The highest BCUT2D eigenvalue weighted by Crippen LogP contribution is 2.69. The molecule has 53 heavy (non-hydrogen) atoms. The average Bonchev–Trinajstić information content (AvgIpc) is 3.51. The molecule has 288 valence electrons. The molecule has 0 aromatic heterocycles. The lowest BCUT2D eigenvalue weighted by atomic mass is 9.45. The zero-order valence-electron chi connectivity index (χ0n) is 32.1. The van der Waals surface area contributed by atoms with Gasteiger partial charge in [0.15, 0.2) is 23.1 Å². The van der Waals surface area contributed by atoms with Crippen molar-refractivity contribution in [1.82, 2.24) is 0 Å². The molecule has 6 fully saturated rings. The fraction of sp³-hybridized carbons (Fsp3) is 0.727. The predicted molar refractivity (Wildman–Crippen MR) is 196 cm³/mol. The van der Waals surface area contributed by atoms with Gasteiger partial charge in [-0.25, -0.2) is 0 Å². The Labute approximate surface area is 313 Å².